The van der Waals surface area contributed by atoms with Gasteiger partial charge in [-0.1, -0.05) is 42.0 Å². The molecule has 27 heavy (non-hydrogen) atoms. The minimum Gasteiger partial charge on any atom is -0.322 e. The molecule has 2 aromatic carbocycles. The van der Waals surface area contributed by atoms with E-state index in [9.17, 15) is 10.1 Å². The van der Waals surface area contributed by atoms with Crippen molar-refractivity contribution in [1.82, 2.24) is 0 Å². The van der Waals surface area contributed by atoms with E-state index in [2.05, 4.69) is 42.6 Å². The Morgan fingerprint density at radius 2 is 1.89 bits per heavy atom. The average Bonchev–Trinajstić information content (AvgIpc) is 2.68. The maximum atomic E-state index is 12.6. The zero-order valence-electron chi connectivity index (χ0n) is 16.1. The number of rotatable bonds is 5. The number of benzene rings is 2. The van der Waals surface area contributed by atoms with E-state index in [-0.39, 0.29) is 11.9 Å². The molecule has 1 aliphatic rings. The van der Waals surface area contributed by atoms with Crippen molar-refractivity contribution < 1.29 is 14.6 Å². The van der Waals surface area contributed by atoms with Gasteiger partial charge >= 0.3 is 0 Å². The molecule has 1 aliphatic heterocycles. The van der Waals surface area contributed by atoms with Crippen LogP contribution in [0.5, 0.6) is 0 Å². The van der Waals surface area contributed by atoms with Crippen LogP contribution in [0.25, 0.3) is 0 Å². The minimum absolute atomic E-state index is 0.0187. The molecule has 1 atom stereocenters. The lowest BCUT2D eigenvalue weighted by Gasteiger charge is -2.32. The summed E-state index contributed by atoms with van der Waals surface area (Å²) in [5.41, 5.74) is 3.78. The van der Waals surface area contributed by atoms with E-state index in [0.717, 1.165) is 32.7 Å². The van der Waals surface area contributed by atoms with Gasteiger partial charge in [-0.2, -0.15) is 5.26 Å². The zero-order valence-corrected chi connectivity index (χ0v) is 16.1. The van der Waals surface area contributed by atoms with E-state index in [4.69, 9.17) is 0 Å². The molecule has 0 bridgehead atoms. The number of quaternary nitrogens is 2. The highest BCUT2D eigenvalue weighted by atomic mass is 16.2. The number of nitrogens with one attached hydrogen (secondary N) is 3. The van der Waals surface area contributed by atoms with Gasteiger partial charge < -0.3 is 15.1 Å². The maximum absolute atomic E-state index is 12.6. The van der Waals surface area contributed by atoms with Crippen LogP contribution in [-0.4, -0.2) is 38.1 Å². The fourth-order valence-electron chi connectivity index (χ4n) is 3.76. The number of piperazine rings is 1. The van der Waals surface area contributed by atoms with Gasteiger partial charge in [-0.25, -0.2) is 0 Å². The number of hydrogen-bond donors (Lipinski definition) is 3. The summed E-state index contributed by atoms with van der Waals surface area (Å²) in [7, 11) is 0. The van der Waals surface area contributed by atoms with Crippen LogP contribution in [0, 0.1) is 18.3 Å². The van der Waals surface area contributed by atoms with Gasteiger partial charge in [0.2, 0.25) is 0 Å². The Bertz CT molecular complexity index is 834. The van der Waals surface area contributed by atoms with Gasteiger partial charge in [0.15, 0.2) is 6.04 Å². The summed E-state index contributed by atoms with van der Waals surface area (Å²) in [5.74, 6) is -0.0187. The van der Waals surface area contributed by atoms with Crippen LogP contribution in [0.2, 0.25) is 0 Å². The lowest BCUT2D eigenvalue weighted by atomic mass is 10.1. The standard InChI is InChI=1S/C22H26N4O/c1-17-6-5-7-19(14-17)16-25-10-12-26(13-11-25)18(2)22(27)24-21-9-4-3-8-20(21)15-23/h3-9,14,18H,10-13,16H2,1-2H3,(H,24,27)/p+2/t18-/m0/s1. The van der Waals surface area contributed by atoms with Gasteiger partial charge in [-0.05, 0) is 26.0 Å². The molecule has 140 valence electrons. The molecule has 0 aromatic heterocycles. The molecule has 0 radical (unpaired) electrons. The van der Waals surface area contributed by atoms with Crippen molar-refractivity contribution in [3.05, 3.63) is 65.2 Å². The number of aryl methyl sites for hydroxylation is 1. The highest BCUT2D eigenvalue weighted by Gasteiger charge is 2.31. The fraction of sp³-hybridized carbons (Fsp3) is 0.364. The zero-order chi connectivity index (χ0) is 19.2. The molecule has 0 aliphatic carbocycles. The Morgan fingerprint density at radius 1 is 1.15 bits per heavy atom. The van der Waals surface area contributed by atoms with Crippen LogP contribution in [0.3, 0.4) is 0 Å². The number of nitrogens with zero attached hydrogens (tertiary/aromatic N) is 1. The topological polar surface area (TPSA) is 61.8 Å². The Hall–Kier alpha value is -2.68. The van der Waals surface area contributed by atoms with E-state index in [0.29, 0.717) is 11.3 Å². The summed E-state index contributed by atoms with van der Waals surface area (Å²) in [5, 5.41) is 12.1. The van der Waals surface area contributed by atoms with Gasteiger partial charge in [-0.15, -0.1) is 0 Å². The van der Waals surface area contributed by atoms with Gasteiger partial charge in [0.1, 0.15) is 38.8 Å². The first-order chi connectivity index (χ1) is 13.1. The van der Waals surface area contributed by atoms with Crippen LogP contribution in [-0.2, 0) is 11.3 Å². The third-order valence-corrected chi connectivity index (χ3v) is 5.45. The van der Waals surface area contributed by atoms with Gasteiger partial charge in [0.05, 0.1) is 11.3 Å². The summed E-state index contributed by atoms with van der Waals surface area (Å²) in [6.45, 7) is 9.25. The number of carbonyl (C=O) groups is 1. The predicted octanol–water partition coefficient (Wildman–Crippen LogP) is 0.177. The quantitative estimate of drug-likeness (QED) is 0.709. The molecule has 5 nitrogen and oxygen atoms in total. The molecule has 0 unspecified atom stereocenters. The second-order valence-corrected chi connectivity index (χ2v) is 7.44. The highest BCUT2D eigenvalue weighted by molar-refractivity contribution is 5.94. The van der Waals surface area contributed by atoms with E-state index >= 15 is 0 Å². The van der Waals surface area contributed by atoms with Crippen molar-refractivity contribution in [2.45, 2.75) is 26.4 Å². The monoisotopic (exact) mass is 364 g/mol. The number of hydrogen-bond acceptors (Lipinski definition) is 2. The summed E-state index contributed by atoms with van der Waals surface area (Å²) >= 11 is 0. The third-order valence-electron chi connectivity index (χ3n) is 5.45. The maximum Gasteiger partial charge on any atom is 0.282 e. The largest absolute Gasteiger partial charge is 0.322 e. The Labute approximate surface area is 161 Å². The molecule has 5 heteroatoms. The second-order valence-electron chi connectivity index (χ2n) is 7.44. The Kier molecular flexibility index (Phi) is 6.23. The van der Waals surface area contributed by atoms with E-state index in [1.165, 1.54) is 16.0 Å². The van der Waals surface area contributed by atoms with Crippen molar-refractivity contribution in [1.29, 1.82) is 5.26 Å². The smallest absolute Gasteiger partial charge is 0.282 e. The number of anilines is 1. The molecule has 3 N–H and O–H groups in total. The second kappa shape index (κ2) is 8.81. The van der Waals surface area contributed by atoms with Crippen LogP contribution in [0.15, 0.2) is 48.5 Å². The molecule has 1 amide bonds. The molecule has 2 aromatic rings. The molecule has 0 saturated carbocycles. The number of para-hydroxylation sites is 1. The van der Waals surface area contributed by atoms with Gasteiger partial charge in [0.25, 0.3) is 5.91 Å². The first-order valence-electron chi connectivity index (χ1n) is 9.60. The van der Waals surface area contributed by atoms with Crippen molar-refractivity contribution >= 4 is 11.6 Å². The fourth-order valence-corrected chi connectivity index (χ4v) is 3.76. The summed E-state index contributed by atoms with van der Waals surface area (Å²) < 4.78 is 0. The van der Waals surface area contributed by atoms with Crippen LogP contribution >= 0.6 is 0 Å². The molecule has 1 saturated heterocycles. The summed E-state index contributed by atoms with van der Waals surface area (Å²) in [6, 6.07) is 17.9. The van der Waals surface area contributed by atoms with Gasteiger partial charge in [-0.3, -0.25) is 4.79 Å². The number of nitriles is 1. The molecule has 1 heterocycles. The number of carbonyl (C=O) groups excluding carboxylic acids is 1. The first-order valence-corrected chi connectivity index (χ1v) is 9.60. The number of amides is 1. The van der Waals surface area contributed by atoms with Gasteiger partial charge in [0, 0.05) is 5.56 Å². The van der Waals surface area contributed by atoms with Crippen molar-refractivity contribution in [3.63, 3.8) is 0 Å². The predicted molar refractivity (Wildman–Crippen MR) is 106 cm³/mol. The van der Waals surface area contributed by atoms with Crippen LogP contribution in [0.1, 0.15) is 23.6 Å². The van der Waals surface area contributed by atoms with Crippen molar-refractivity contribution in [2.75, 3.05) is 31.5 Å². The molecular formula is C22H28N4O+2. The lowest BCUT2D eigenvalue weighted by molar-refractivity contribution is -1.02. The van der Waals surface area contributed by atoms with E-state index < -0.39 is 0 Å². The average molecular weight is 364 g/mol. The lowest BCUT2D eigenvalue weighted by Crippen LogP contribution is -3.29. The summed E-state index contributed by atoms with van der Waals surface area (Å²) in [6.07, 6.45) is 0. The SMILES string of the molecule is Cc1cccc(C[NH+]2CC[NH+]([C@@H](C)C(=O)Nc3ccccc3C#N)CC2)c1. The van der Waals surface area contributed by atoms with Crippen LogP contribution < -0.4 is 15.1 Å². The Balaban J connectivity index is 1.52. The third kappa shape index (κ3) is 4.94. The molecule has 1 fully saturated rings. The Morgan fingerprint density at radius 3 is 2.59 bits per heavy atom. The highest BCUT2D eigenvalue weighted by Crippen LogP contribution is 2.13. The first kappa shape index (κ1) is 19.1. The molecule has 0 spiro atoms. The van der Waals surface area contributed by atoms with Crippen LogP contribution in [0.4, 0.5) is 5.69 Å². The minimum atomic E-state index is -0.128. The normalized spacial score (nSPS) is 20.5. The van der Waals surface area contributed by atoms with E-state index in [1.807, 2.05) is 13.0 Å². The molecule has 3 rings (SSSR count). The van der Waals surface area contributed by atoms with Crippen molar-refractivity contribution in [2.24, 2.45) is 0 Å². The molecular weight excluding hydrogens is 336 g/mol. The van der Waals surface area contributed by atoms with E-state index in [1.54, 1.807) is 23.1 Å². The summed E-state index contributed by atoms with van der Waals surface area (Å²) in [4.78, 5) is 15.5. The van der Waals surface area contributed by atoms with Crippen molar-refractivity contribution in [3.8, 4) is 6.07 Å².